The number of rotatable bonds is 3. The minimum atomic E-state index is -0.693. The summed E-state index contributed by atoms with van der Waals surface area (Å²) >= 11 is 0. The molecule has 4 heteroatoms. The summed E-state index contributed by atoms with van der Waals surface area (Å²) in [6.07, 6.45) is 5.05. The lowest BCUT2D eigenvalue weighted by atomic mass is 9.98. The van der Waals surface area contributed by atoms with Crippen LogP contribution in [0.2, 0.25) is 0 Å². The molecule has 1 heterocycles. The van der Waals surface area contributed by atoms with Gasteiger partial charge < -0.3 is 9.47 Å². The standard InChI is InChI=1S/C8H11NO3/c1-3-4-9-8(5-12-6-8)7(10)11-2/h1,9H,4-6H2,2H3. The molecule has 0 spiro atoms. The Morgan fingerprint density at radius 2 is 2.50 bits per heavy atom. The average Bonchev–Trinajstić information content (AvgIpc) is 2.02. The number of methoxy groups -OCH3 is 1. The number of carbonyl (C=O) groups excluding carboxylic acids is 1. The van der Waals surface area contributed by atoms with Crippen LogP contribution >= 0.6 is 0 Å². The molecule has 0 unspecified atom stereocenters. The van der Waals surface area contributed by atoms with Crippen molar-refractivity contribution in [1.29, 1.82) is 0 Å². The van der Waals surface area contributed by atoms with E-state index in [1.807, 2.05) is 0 Å². The van der Waals surface area contributed by atoms with E-state index >= 15 is 0 Å². The zero-order chi connectivity index (χ0) is 9.03. The molecule has 1 fully saturated rings. The maximum atomic E-state index is 11.2. The van der Waals surface area contributed by atoms with Crippen LogP contribution in [0.25, 0.3) is 0 Å². The van der Waals surface area contributed by atoms with E-state index in [9.17, 15) is 4.79 Å². The second-order valence-electron chi connectivity index (χ2n) is 2.62. The summed E-state index contributed by atoms with van der Waals surface area (Å²) in [5.41, 5.74) is -0.693. The van der Waals surface area contributed by atoms with Crippen molar-refractivity contribution in [3.05, 3.63) is 0 Å². The van der Waals surface area contributed by atoms with E-state index in [-0.39, 0.29) is 5.97 Å². The second kappa shape index (κ2) is 3.57. The molecule has 12 heavy (non-hydrogen) atoms. The molecule has 0 aromatic carbocycles. The highest BCUT2D eigenvalue weighted by Gasteiger charge is 2.46. The molecule has 1 rings (SSSR count). The van der Waals surface area contributed by atoms with Crippen LogP contribution < -0.4 is 5.32 Å². The van der Waals surface area contributed by atoms with E-state index in [1.165, 1.54) is 7.11 Å². The van der Waals surface area contributed by atoms with Crippen molar-refractivity contribution in [2.75, 3.05) is 26.9 Å². The summed E-state index contributed by atoms with van der Waals surface area (Å²) in [6.45, 7) is 1.02. The van der Waals surface area contributed by atoms with Crippen molar-refractivity contribution in [2.45, 2.75) is 5.54 Å². The summed E-state index contributed by atoms with van der Waals surface area (Å²) in [5, 5.41) is 2.90. The molecule has 0 radical (unpaired) electrons. The van der Waals surface area contributed by atoms with Crippen LogP contribution in [0.15, 0.2) is 0 Å². The Morgan fingerprint density at radius 1 is 1.83 bits per heavy atom. The van der Waals surface area contributed by atoms with E-state index in [0.717, 1.165) is 0 Å². The topological polar surface area (TPSA) is 47.6 Å². The van der Waals surface area contributed by atoms with E-state index in [2.05, 4.69) is 16.0 Å². The number of carbonyl (C=O) groups is 1. The quantitative estimate of drug-likeness (QED) is 0.441. The number of hydrogen-bond acceptors (Lipinski definition) is 4. The molecule has 0 atom stereocenters. The Morgan fingerprint density at radius 3 is 2.83 bits per heavy atom. The van der Waals surface area contributed by atoms with Gasteiger partial charge in [-0.2, -0.15) is 0 Å². The van der Waals surface area contributed by atoms with E-state index in [4.69, 9.17) is 11.2 Å². The third kappa shape index (κ3) is 1.42. The van der Waals surface area contributed by atoms with Gasteiger partial charge in [-0.1, -0.05) is 5.92 Å². The van der Waals surface area contributed by atoms with Gasteiger partial charge in [0.05, 0.1) is 26.9 Å². The zero-order valence-corrected chi connectivity index (χ0v) is 6.92. The van der Waals surface area contributed by atoms with Gasteiger partial charge in [-0.3, -0.25) is 5.32 Å². The average molecular weight is 169 g/mol. The molecule has 0 aromatic heterocycles. The summed E-state index contributed by atoms with van der Waals surface area (Å²) in [6, 6.07) is 0. The maximum absolute atomic E-state index is 11.2. The molecule has 1 N–H and O–H groups in total. The number of esters is 1. The van der Waals surface area contributed by atoms with Gasteiger partial charge in [-0.15, -0.1) is 6.42 Å². The Balaban J connectivity index is 2.51. The predicted octanol–water partition coefficient (Wildman–Crippen LogP) is -0.849. The molecular formula is C8H11NO3. The molecule has 1 saturated heterocycles. The highest BCUT2D eigenvalue weighted by Crippen LogP contribution is 2.17. The summed E-state index contributed by atoms with van der Waals surface area (Å²) in [4.78, 5) is 11.2. The highest BCUT2D eigenvalue weighted by molar-refractivity contribution is 5.82. The lowest BCUT2D eigenvalue weighted by molar-refractivity contribution is -0.169. The van der Waals surface area contributed by atoms with Crippen LogP contribution in [0.3, 0.4) is 0 Å². The van der Waals surface area contributed by atoms with Crippen LogP contribution in [0.1, 0.15) is 0 Å². The van der Waals surface area contributed by atoms with Gasteiger partial charge in [-0.25, -0.2) is 4.79 Å². The first-order valence-electron chi connectivity index (χ1n) is 3.60. The van der Waals surface area contributed by atoms with Gasteiger partial charge in [-0.05, 0) is 0 Å². The fourth-order valence-corrected chi connectivity index (χ4v) is 1.01. The van der Waals surface area contributed by atoms with Crippen molar-refractivity contribution in [1.82, 2.24) is 5.32 Å². The molecule has 4 nitrogen and oxygen atoms in total. The smallest absolute Gasteiger partial charge is 0.330 e. The number of hydrogen-bond donors (Lipinski definition) is 1. The Bertz CT molecular complexity index is 215. The molecule has 0 amide bonds. The fourth-order valence-electron chi connectivity index (χ4n) is 1.01. The van der Waals surface area contributed by atoms with Gasteiger partial charge >= 0.3 is 5.97 Å². The maximum Gasteiger partial charge on any atom is 0.330 e. The first-order valence-corrected chi connectivity index (χ1v) is 3.60. The third-order valence-corrected chi connectivity index (χ3v) is 1.80. The van der Waals surface area contributed by atoms with Crippen LogP contribution in [0.5, 0.6) is 0 Å². The normalized spacial score (nSPS) is 19.0. The van der Waals surface area contributed by atoms with Gasteiger partial charge in [0.2, 0.25) is 0 Å². The van der Waals surface area contributed by atoms with E-state index in [1.54, 1.807) is 0 Å². The first-order chi connectivity index (χ1) is 5.75. The summed E-state index contributed by atoms with van der Waals surface area (Å²) in [5.74, 6) is 2.08. The summed E-state index contributed by atoms with van der Waals surface area (Å²) in [7, 11) is 1.35. The van der Waals surface area contributed by atoms with Crippen molar-refractivity contribution in [3.63, 3.8) is 0 Å². The molecular weight excluding hydrogens is 158 g/mol. The van der Waals surface area contributed by atoms with Crippen molar-refractivity contribution >= 4 is 5.97 Å². The van der Waals surface area contributed by atoms with Crippen LogP contribution in [-0.4, -0.2) is 38.4 Å². The lowest BCUT2D eigenvalue weighted by Crippen LogP contribution is -2.66. The molecule has 1 aliphatic rings. The van der Waals surface area contributed by atoms with Crippen molar-refractivity contribution in [2.24, 2.45) is 0 Å². The SMILES string of the molecule is C#CCNC1(C(=O)OC)COC1. The molecule has 66 valence electrons. The zero-order valence-electron chi connectivity index (χ0n) is 6.92. The Kier molecular flexibility index (Phi) is 2.69. The number of terminal acetylenes is 1. The van der Waals surface area contributed by atoms with Gasteiger partial charge in [0, 0.05) is 0 Å². The lowest BCUT2D eigenvalue weighted by Gasteiger charge is -2.38. The first kappa shape index (κ1) is 9.04. The molecule has 0 bridgehead atoms. The molecule has 1 aliphatic heterocycles. The third-order valence-electron chi connectivity index (χ3n) is 1.80. The van der Waals surface area contributed by atoms with Gasteiger partial charge in [0.25, 0.3) is 0 Å². The highest BCUT2D eigenvalue weighted by atomic mass is 16.5. The second-order valence-corrected chi connectivity index (χ2v) is 2.62. The monoisotopic (exact) mass is 169 g/mol. The minimum Gasteiger partial charge on any atom is -0.468 e. The number of ether oxygens (including phenoxy) is 2. The van der Waals surface area contributed by atoms with Crippen molar-refractivity contribution in [3.8, 4) is 12.3 Å². The van der Waals surface area contributed by atoms with Crippen LogP contribution in [-0.2, 0) is 14.3 Å². The molecule has 0 aliphatic carbocycles. The van der Waals surface area contributed by atoms with Gasteiger partial charge in [0.1, 0.15) is 0 Å². The minimum absolute atomic E-state index is 0.316. The summed E-state index contributed by atoms with van der Waals surface area (Å²) < 4.78 is 9.53. The molecule has 0 saturated carbocycles. The van der Waals surface area contributed by atoms with E-state index in [0.29, 0.717) is 19.8 Å². The Labute approximate surface area is 71.2 Å². The predicted molar refractivity (Wildman–Crippen MR) is 42.4 cm³/mol. The number of nitrogens with one attached hydrogen (secondary N) is 1. The fraction of sp³-hybridized carbons (Fsp3) is 0.625. The van der Waals surface area contributed by atoms with Crippen LogP contribution in [0.4, 0.5) is 0 Å². The van der Waals surface area contributed by atoms with Gasteiger partial charge in [0.15, 0.2) is 5.54 Å². The van der Waals surface area contributed by atoms with E-state index < -0.39 is 5.54 Å². The molecule has 0 aromatic rings. The van der Waals surface area contributed by atoms with Crippen LogP contribution in [0, 0.1) is 12.3 Å². The Hall–Kier alpha value is -1.05. The largest absolute Gasteiger partial charge is 0.468 e. The van der Waals surface area contributed by atoms with Crippen molar-refractivity contribution < 1.29 is 14.3 Å².